The highest BCUT2D eigenvalue weighted by molar-refractivity contribution is 5.82. The fourth-order valence-corrected chi connectivity index (χ4v) is 0.893. The highest BCUT2D eigenvalue weighted by atomic mass is 16.4. The summed E-state index contributed by atoms with van der Waals surface area (Å²) in [5.74, 6) is 0. The summed E-state index contributed by atoms with van der Waals surface area (Å²) >= 11 is 0. The molecule has 0 saturated carbocycles. The van der Waals surface area contributed by atoms with E-state index in [4.69, 9.17) is 15.3 Å². The van der Waals surface area contributed by atoms with E-state index in [0.717, 1.165) is 0 Å². The van der Waals surface area contributed by atoms with E-state index >= 15 is 0 Å². The van der Waals surface area contributed by atoms with Gasteiger partial charge in [0.2, 0.25) is 0 Å². The average Bonchev–Trinajstić information content (AvgIpc) is 2.17. The largest absolute Gasteiger partial charge is 0.465 e. The van der Waals surface area contributed by atoms with E-state index < -0.39 is 18.8 Å². The number of aliphatic hydroxyl groups excluding tert-OH is 2. The molecule has 0 saturated heterocycles. The Bertz CT molecular complexity index is 312. The molecule has 1 aromatic heterocycles. The quantitative estimate of drug-likeness (QED) is 0.555. The molecule has 1 aromatic rings. The second-order valence-electron chi connectivity index (χ2n) is 2.60. The Labute approximate surface area is 79.8 Å². The maximum Gasteiger partial charge on any atom is 0.409 e. The smallest absolute Gasteiger partial charge is 0.409 e. The zero-order valence-corrected chi connectivity index (χ0v) is 7.21. The Hall–Kier alpha value is -1.66. The van der Waals surface area contributed by atoms with Crippen molar-refractivity contribution in [3.63, 3.8) is 0 Å². The van der Waals surface area contributed by atoms with Gasteiger partial charge >= 0.3 is 6.09 Å². The summed E-state index contributed by atoms with van der Waals surface area (Å²) in [7, 11) is 0. The van der Waals surface area contributed by atoms with Crippen LogP contribution < -0.4 is 5.32 Å². The molecule has 1 atom stereocenters. The number of aromatic nitrogens is 1. The summed E-state index contributed by atoms with van der Waals surface area (Å²) < 4.78 is 0. The number of rotatable bonds is 3. The molecular weight excluding hydrogens is 188 g/mol. The Balaban J connectivity index is 2.73. The molecule has 0 aliphatic rings. The molecule has 0 aromatic carbocycles. The van der Waals surface area contributed by atoms with Crippen LogP contribution in [0.1, 0.15) is 11.8 Å². The predicted molar refractivity (Wildman–Crippen MR) is 47.9 cm³/mol. The number of nitrogens with zero attached hydrogens (tertiary/aromatic N) is 1. The second kappa shape index (κ2) is 4.54. The molecule has 0 bridgehead atoms. The third-order valence-corrected chi connectivity index (χ3v) is 1.55. The zero-order chi connectivity index (χ0) is 10.6. The van der Waals surface area contributed by atoms with E-state index in [1.54, 1.807) is 0 Å². The minimum absolute atomic E-state index is 0.295. The van der Waals surface area contributed by atoms with Crippen LogP contribution >= 0.6 is 0 Å². The van der Waals surface area contributed by atoms with Crippen molar-refractivity contribution in [2.24, 2.45) is 0 Å². The number of carbonyl (C=O) groups is 1. The normalized spacial score (nSPS) is 12.1. The van der Waals surface area contributed by atoms with Crippen LogP contribution in [0, 0.1) is 0 Å². The molecule has 1 heterocycles. The highest BCUT2D eigenvalue weighted by Gasteiger charge is 2.07. The number of carboxylic acid groups (broad SMARTS) is 1. The van der Waals surface area contributed by atoms with E-state index in [1.807, 2.05) is 0 Å². The molecule has 0 radical (unpaired) electrons. The number of anilines is 1. The SMILES string of the molecule is O=C(O)Nc1ccc([C@H](O)CO)nc1. The van der Waals surface area contributed by atoms with Crippen molar-refractivity contribution in [1.82, 2.24) is 4.98 Å². The second-order valence-corrected chi connectivity index (χ2v) is 2.60. The lowest BCUT2D eigenvalue weighted by atomic mass is 10.2. The summed E-state index contributed by atoms with van der Waals surface area (Å²) in [5, 5.41) is 28.2. The van der Waals surface area contributed by atoms with Crippen molar-refractivity contribution in [3.8, 4) is 0 Å². The van der Waals surface area contributed by atoms with Crippen LogP contribution in [-0.4, -0.2) is 33.0 Å². The topological polar surface area (TPSA) is 103 Å². The Kier molecular flexibility index (Phi) is 3.38. The average molecular weight is 198 g/mol. The summed E-state index contributed by atoms with van der Waals surface area (Å²) in [6.45, 7) is -0.418. The van der Waals surface area contributed by atoms with Gasteiger partial charge in [-0.3, -0.25) is 10.3 Å². The van der Waals surface area contributed by atoms with Crippen LogP contribution in [0.2, 0.25) is 0 Å². The summed E-state index contributed by atoms with van der Waals surface area (Å²) in [5.41, 5.74) is 0.606. The van der Waals surface area contributed by atoms with Crippen molar-refractivity contribution >= 4 is 11.8 Å². The van der Waals surface area contributed by atoms with Gasteiger partial charge in [0.15, 0.2) is 0 Å². The van der Waals surface area contributed by atoms with Gasteiger partial charge in [-0.25, -0.2) is 4.79 Å². The first-order valence-electron chi connectivity index (χ1n) is 3.88. The summed E-state index contributed by atoms with van der Waals surface area (Å²) in [6, 6.07) is 2.89. The van der Waals surface area contributed by atoms with Crippen molar-refractivity contribution in [2.45, 2.75) is 6.10 Å². The van der Waals surface area contributed by atoms with Crippen molar-refractivity contribution in [1.29, 1.82) is 0 Å². The van der Waals surface area contributed by atoms with Crippen LogP contribution in [0.15, 0.2) is 18.3 Å². The molecule has 0 aliphatic carbocycles. The Morgan fingerprint density at radius 2 is 2.29 bits per heavy atom. The fraction of sp³-hybridized carbons (Fsp3) is 0.250. The maximum atomic E-state index is 10.2. The molecule has 6 heteroatoms. The van der Waals surface area contributed by atoms with Gasteiger partial charge in [0, 0.05) is 0 Å². The van der Waals surface area contributed by atoms with E-state index in [1.165, 1.54) is 18.3 Å². The van der Waals surface area contributed by atoms with Gasteiger partial charge < -0.3 is 15.3 Å². The molecule has 76 valence electrons. The Morgan fingerprint density at radius 3 is 2.71 bits per heavy atom. The molecule has 14 heavy (non-hydrogen) atoms. The fourth-order valence-electron chi connectivity index (χ4n) is 0.893. The first kappa shape index (κ1) is 10.4. The number of amides is 1. The zero-order valence-electron chi connectivity index (χ0n) is 7.21. The standard InChI is InChI=1S/C8H10N2O4/c11-4-7(12)6-2-1-5(3-9-6)10-8(13)14/h1-3,7,10-12H,4H2,(H,13,14)/t7-/m1/s1. The number of nitrogens with one attached hydrogen (secondary N) is 1. The summed E-state index contributed by atoms with van der Waals surface area (Å²) in [4.78, 5) is 14.0. The molecule has 6 nitrogen and oxygen atoms in total. The van der Waals surface area contributed by atoms with Gasteiger partial charge in [0.05, 0.1) is 24.2 Å². The van der Waals surface area contributed by atoms with E-state index in [2.05, 4.69) is 10.3 Å². The van der Waals surface area contributed by atoms with Crippen LogP contribution in [0.5, 0.6) is 0 Å². The Morgan fingerprint density at radius 1 is 1.57 bits per heavy atom. The van der Waals surface area contributed by atoms with Gasteiger partial charge in [0.1, 0.15) is 6.10 Å². The summed E-state index contributed by atoms with van der Waals surface area (Å²) in [6.07, 6.45) is -0.946. The van der Waals surface area contributed by atoms with Crippen LogP contribution in [0.25, 0.3) is 0 Å². The van der Waals surface area contributed by atoms with Gasteiger partial charge in [0.25, 0.3) is 0 Å². The van der Waals surface area contributed by atoms with Gasteiger partial charge in [-0.2, -0.15) is 0 Å². The molecule has 0 fully saturated rings. The number of hydrogen-bond donors (Lipinski definition) is 4. The number of hydrogen-bond acceptors (Lipinski definition) is 4. The van der Waals surface area contributed by atoms with E-state index in [0.29, 0.717) is 11.4 Å². The molecule has 0 unspecified atom stereocenters. The van der Waals surface area contributed by atoms with Crippen LogP contribution in [0.3, 0.4) is 0 Å². The number of pyridine rings is 1. The van der Waals surface area contributed by atoms with Gasteiger partial charge in [-0.05, 0) is 12.1 Å². The molecule has 0 aliphatic heterocycles. The molecule has 1 rings (SSSR count). The van der Waals surface area contributed by atoms with Gasteiger partial charge in [-0.1, -0.05) is 0 Å². The van der Waals surface area contributed by atoms with E-state index in [9.17, 15) is 4.79 Å². The lowest BCUT2D eigenvalue weighted by Crippen LogP contribution is -2.09. The predicted octanol–water partition coefficient (Wildman–Crippen LogP) is 0.197. The first-order valence-corrected chi connectivity index (χ1v) is 3.88. The third kappa shape index (κ3) is 2.68. The molecular formula is C8H10N2O4. The number of aliphatic hydroxyl groups is 2. The molecule has 4 N–H and O–H groups in total. The van der Waals surface area contributed by atoms with Crippen molar-refractivity contribution in [3.05, 3.63) is 24.0 Å². The monoisotopic (exact) mass is 198 g/mol. The van der Waals surface area contributed by atoms with Crippen molar-refractivity contribution in [2.75, 3.05) is 11.9 Å². The lowest BCUT2D eigenvalue weighted by molar-refractivity contribution is 0.0923. The van der Waals surface area contributed by atoms with Crippen molar-refractivity contribution < 1.29 is 20.1 Å². The minimum Gasteiger partial charge on any atom is -0.465 e. The van der Waals surface area contributed by atoms with Crippen LogP contribution in [-0.2, 0) is 0 Å². The third-order valence-electron chi connectivity index (χ3n) is 1.55. The van der Waals surface area contributed by atoms with Gasteiger partial charge in [-0.15, -0.1) is 0 Å². The maximum absolute atomic E-state index is 10.2. The molecule has 1 amide bonds. The van der Waals surface area contributed by atoms with E-state index in [-0.39, 0.29) is 0 Å². The molecule has 0 spiro atoms. The highest BCUT2D eigenvalue weighted by Crippen LogP contribution is 2.12. The van der Waals surface area contributed by atoms with Crippen LogP contribution in [0.4, 0.5) is 10.5 Å². The minimum atomic E-state index is -1.18. The lowest BCUT2D eigenvalue weighted by Gasteiger charge is -2.06. The first-order chi connectivity index (χ1) is 6.63.